The maximum absolute atomic E-state index is 3.61. The summed E-state index contributed by atoms with van der Waals surface area (Å²) in [7, 11) is 2.20. The molecule has 1 saturated heterocycles. The Morgan fingerprint density at radius 2 is 1.67 bits per heavy atom. The summed E-state index contributed by atoms with van der Waals surface area (Å²) in [5, 5.41) is 0. The molecule has 1 aromatic heterocycles. The normalized spacial score (nSPS) is 19.4. The van der Waals surface area contributed by atoms with E-state index in [1.807, 2.05) is 0 Å². The van der Waals surface area contributed by atoms with Gasteiger partial charge in [0.15, 0.2) is 0 Å². The molecule has 0 bridgehead atoms. The van der Waals surface area contributed by atoms with E-state index in [9.17, 15) is 0 Å². The molecular formula is C12H21N3. The number of hydrogen-bond donors (Lipinski definition) is 1. The Kier molecular flexibility index (Phi) is 3.00. The van der Waals surface area contributed by atoms with Gasteiger partial charge >= 0.3 is 0 Å². The maximum atomic E-state index is 3.61. The van der Waals surface area contributed by atoms with Crippen molar-refractivity contribution in [3.8, 4) is 0 Å². The average molecular weight is 207 g/mol. The lowest BCUT2D eigenvalue weighted by atomic mass is 10.1. The highest BCUT2D eigenvalue weighted by Crippen LogP contribution is 2.12. The van der Waals surface area contributed by atoms with Crippen LogP contribution in [-0.2, 0) is 0 Å². The van der Waals surface area contributed by atoms with Crippen LogP contribution >= 0.6 is 0 Å². The monoisotopic (exact) mass is 207 g/mol. The molecular weight excluding hydrogens is 186 g/mol. The SMILES string of the molecule is Cc1ccc(C)n1NC1CCN(C)CC1. The van der Waals surface area contributed by atoms with Crippen molar-refractivity contribution in [2.24, 2.45) is 0 Å². The Balaban J connectivity index is 1.97. The van der Waals surface area contributed by atoms with Crippen LogP contribution in [0.4, 0.5) is 0 Å². The molecule has 3 nitrogen and oxygen atoms in total. The van der Waals surface area contributed by atoms with Gasteiger partial charge in [0.1, 0.15) is 0 Å². The van der Waals surface area contributed by atoms with Crippen molar-refractivity contribution in [1.29, 1.82) is 0 Å². The van der Waals surface area contributed by atoms with E-state index < -0.39 is 0 Å². The molecule has 15 heavy (non-hydrogen) atoms. The van der Waals surface area contributed by atoms with E-state index in [1.165, 1.54) is 37.3 Å². The van der Waals surface area contributed by atoms with Gasteiger partial charge in [-0.05, 0) is 59.0 Å². The molecule has 0 radical (unpaired) electrons. The van der Waals surface area contributed by atoms with E-state index in [-0.39, 0.29) is 0 Å². The third-order valence-corrected chi connectivity index (χ3v) is 3.30. The molecule has 0 atom stereocenters. The summed E-state index contributed by atoms with van der Waals surface area (Å²) in [6.45, 7) is 6.71. The maximum Gasteiger partial charge on any atom is 0.0448 e. The van der Waals surface area contributed by atoms with Crippen LogP contribution in [0.15, 0.2) is 12.1 Å². The Morgan fingerprint density at radius 3 is 2.20 bits per heavy atom. The third-order valence-electron chi connectivity index (χ3n) is 3.30. The van der Waals surface area contributed by atoms with Gasteiger partial charge in [-0.2, -0.15) is 0 Å². The highest BCUT2D eigenvalue weighted by molar-refractivity contribution is 5.16. The lowest BCUT2D eigenvalue weighted by Gasteiger charge is -2.31. The van der Waals surface area contributed by atoms with Gasteiger partial charge in [-0.3, -0.25) is 4.68 Å². The van der Waals surface area contributed by atoms with E-state index >= 15 is 0 Å². The highest BCUT2D eigenvalue weighted by Gasteiger charge is 2.16. The third kappa shape index (κ3) is 2.34. The molecule has 0 aromatic carbocycles. The zero-order valence-corrected chi connectivity index (χ0v) is 9.95. The number of aromatic nitrogens is 1. The summed E-state index contributed by atoms with van der Waals surface area (Å²) in [4.78, 5) is 2.40. The number of nitrogens with zero attached hydrogens (tertiary/aromatic N) is 2. The van der Waals surface area contributed by atoms with E-state index in [0.717, 1.165) is 0 Å². The minimum absolute atomic E-state index is 0.631. The molecule has 0 amide bonds. The number of hydrogen-bond acceptors (Lipinski definition) is 2. The van der Waals surface area contributed by atoms with Crippen molar-refractivity contribution in [1.82, 2.24) is 9.58 Å². The fourth-order valence-corrected chi connectivity index (χ4v) is 2.19. The van der Waals surface area contributed by atoms with Crippen LogP contribution in [0.5, 0.6) is 0 Å². The molecule has 1 fully saturated rings. The zero-order valence-electron chi connectivity index (χ0n) is 9.95. The number of likely N-dealkylation sites (tertiary alicyclic amines) is 1. The fraction of sp³-hybridized carbons (Fsp3) is 0.667. The molecule has 0 spiro atoms. The molecule has 1 N–H and O–H groups in total. The van der Waals surface area contributed by atoms with Crippen molar-refractivity contribution in [3.05, 3.63) is 23.5 Å². The van der Waals surface area contributed by atoms with E-state index in [0.29, 0.717) is 6.04 Å². The molecule has 1 aromatic rings. The summed E-state index contributed by atoms with van der Waals surface area (Å²) < 4.78 is 2.22. The van der Waals surface area contributed by atoms with Crippen molar-refractivity contribution in [2.75, 3.05) is 25.6 Å². The Bertz CT molecular complexity index is 302. The second-order valence-corrected chi connectivity index (χ2v) is 4.66. The van der Waals surface area contributed by atoms with Gasteiger partial charge in [0.2, 0.25) is 0 Å². The Hall–Kier alpha value is -0.960. The summed E-state index contributed by atoms with van der Waals surface area (Å²) >= 11 is 0. The first-order chi connectivity index (χ1) is 7.16. The molecule has 2 heterocycles. The summed E-state index contributed by atoms with van der Waals surface area (Å²) in [5.74, 6) is 0. The van der Waals surface area contributed by atoms with Crippen molar-refractivity contribution in [2.45, 2.75) is 32.7 Å². The Labute approximate surface area is 92.0 Å². The quantitative estimate of drug-likeness (QED) is 0.797. The van der Waals surface area contributed by atoms with Gasteiger partial charge in [0.25, 0.3) is 0 Å². The van der Waals surface area contributed by atoms with E-state index in [1.54, 1.807) is 0 Å². The first-order valence-corrected chi connectivity index (χ1v) is 5.77. The van der Waals surface area contributed by atoms with Crippen LogP contribution in [0.2, 0.25) is 0 Å². The summed E-state index contributed by atoms with van der Waals surface area (Å²) in [5.41, 5.74) is 6.20. The molecule has 0 unspecified atom stereocenters. The van der Waals surface area contributed by atoms with Crippen LogP contribution in [0, 0.1) is 13.8 Å². The molecule has 1 aliphatic rings. The van der Waals surface area contributed by atoms with Gasteiger partial charge in [0.05, 0.1) is 0 Å². The van der Waals surface area contributed by atoms with Gasteiger partial charge in [0, 0.05) is 17.4 Å². The van der Waals surface area contributed by atoms with Crippen LogP contribution in [0.1, 0.15) is 24.2 Å². The molecule has 1 aliphatic heterocycles. The second kappa shape index (κ2) is 4.27. The first-order valence-electron chi connectivity index (χ1n) is 5.77. The minimum atomic E-state index is 0.631. The smallest absolute Gasteiger partial charge is 0.0448 e. The lowest BCUT2D eigenvalue weighted by Crippen LogP contribution is -2.40. The topological polar surface area (TPSA) is 20.2 Å². The lowest BCUT2D eigenvalue weighted by molar-refractivity contribution is 0.257. The van der Waals surface area contributed by atoms with Crippen molar-refractivity contribution in [3.63, 3.8) is 0 Å². The number of piperidine rings is 1. The van der Waals surface area contributed by atoms with Gasteiger partial charge in [-0.1, -0.05) is 0 Å². The van der Waals surface area contributed by atoms with Crippen LogP contribution < -0.4 is 5.43 Å². The molecule has 0 saturated carbocycles. The summed E-state index contributed by atoms with van der Waals surface area (Å²) in [6, 6.07) is 4.96. The zero-order chi connectivity index (χ0) is 10.8. The fourth-order valence-electron chi connectivity index (χ4n) is 2.19. The highest BCUT2D eigenvalue weighted by atomic mass is 15.4. The summed E-state index contributed by atoms with van der Waals surface area (Å²) in [6.07, 6.45) is 2.49. The molecule has 3 heteroatoms. The van der Waals surface area contributed by atoms with Gasteiger partial charge in [-0.15, -0.1) is 0 Å². The minimum Gasteiger partial charge on any atom is -0.323 e. The van der Waals surface area contributed by atoms with E-state index in [2.05, 4.69) is 48.0 Å². The van der Waals surface area contributed by atoms with Crippen LogP contribution in [0.25, 0.3) is 0 Å². The average Bonchev–Trinajstić information content (AvgIpc) is 2.53. The molecule has 0 aliphatic carbocycles. The van der Waals surface area contributed by atoms with Gasteiger partial charge < -0.3 is 10.3 Å². The Morgan fingerprint density at radius 1 is 1.13 bits per heavy atom. The predicted molar refractivity (Wildman–Crippen MR) is 63.8 cm³/mol. The van der Waals surface area contributed by atoms with Gasteiger partial charge in [-0.25, -0.2) is 0 Å². The standard InChI is InChI=1S/C12H21N3/c1-10-4-5-11(2)15(10)13-12-6-8-14(3)9-7-12/h4-5,12-13H,6-9H2,1-3H3. The van der Waals surface area contributed by atoms with Crippen LogP contribution in [0.3, 0.4) is 0 Å². The molecule has 2 rings (SSSR count). The molecule has 84 valence electrons. The number of nitrogens with one attached hydrogen (secondary N) is 1. The number of aryl methyl sites for hydroxylation is 2. The van der Waals surface area contributed by atoms with Crippen molar-refractivity contribution >= 4 is 0 Å². The largest absolute Gasteiger partial charge is 0.323 e. The number of rotatable bonds is 2. The predicted octanol–water partition coefficient (Wildman–Crippen LogP) is 1.74. The van der Waals surface area contributed by atoms with E-state index in [4.69, 9.17) is 0 Å². The first kappa shape index (κ1) is 10.6. The second-order valence-electron chi connectivity index (χ2n) is 4.66. The van der Waals surface area contributed by atoms with Crippen LogP contribution in [-0.4, -0.2) is 35.8 Å². The van der Waals surface area contributed by atoms with Crippen molar-refractivity contribution < 1.29 is 0 Å².